The Hall–Kier alpha value is -5.11. The maximum atomic E-state index is 13.2. The van der Waals surface area contributed by atoms with Gasteiger partial charge >= 0.3 is 11.9 Å². The molecule has 2 fully saturated rings. The first-order valence-corrected chi connectivity index (χ1v) is 23.1. The zero-order valence-corrected chi connectivity index (χ0v) is 36.4. The molecular weight excluding hydrogens is 765 g/mol. The number of unbranched alkanes of at least 4 members (excludes halogenated alkanes) is 7. The SMILES string of the molecule is CCCCCC1CCC(C2CCC(C(=O)Oc3ccc(OC(=O)c4ccc(OCCCCCCCCOc5ccc(C(=O)c6ccccc6)c(O)c5)cc4)cc3C)CC2)CC1. The summed E-state index contributed by atoms with van der Waals surface area (Å²) in [6.07, 6.45) is 21.1. The van der Waals surface area contributed by atoms with Gasteiger partial charge in [-0.3, -0.25) is 9.59 Å². The van der Waals surface area contributed by atoms with Crippen LogP contribution in [0.4, 0.5) is 0 Å². The number of ether oxygens (including phenoxy) is 4. The van der Waals surface area contributed by atoms with Crippen LogP contribution in [0.25, 0.3) is 0 Å². The Morgan fingerprint density at radius 3 is 1.84 bits per heavy atom. The van der Waals surface area contributed by atoms with Crippen LogP contribution in [-0.2, 0) is 4.79 Å². The van der Waals surface area contributed by atoms with Gasteiger partial charge in [0.25, 0.3) is 0 Å². The van der Waals surface area contributed by atoms with Crippen molar-refractivity contribution in [3.63, 3.8) is 0 Å². The standard InChI is InChI=1S/C53H66O8/c1-3-4-10-15-39-18-20-40(21-19-39)41-22-24-43(25-23-41)53(57)61-50-33-31-47(36-38(50)2)60-52(56)44-26-28-45(29-27-44)58-34-13-7-5-6-8-14-35-59-46-30-32-48(49(54)37-46)51(55)42-16-11-9-12-17-42/h9,11-12,16-17,26-33,36-37,39-41,43,54H,3-8,10,13-15,18-25,34-35H2,1-2H3. The van der Waals surface area contributed by atoms with E-state index >= 15 is 0 Å². The van der Waals surface area contributed by atoms with Gasteiger partial charge in [0.2, 0.25) is 0 Å². The molecule has 4 aromatic carbocycles. The minimum absolute atomic E-state index is 0.0518. The Labute approximate surface area is 363 Å². The van der Waals surface area contributed by atoms with Crippen LogP contribution in [0.1, 0.15) is 154 Å². The number of phenols is 1. The Morgan fingerprint density at radius 1 is 0.590 bits per heavy atom. The van der Waals surface area contributed by atoms with E-state index in [0.717, 1.165) is 87.5 Å². The number of hydrogen-bond acceptors (Lipinski definition) is 8. The van der Waals surface area contributed by atoms with Gasteiger partial charge in [-0.25, -0.2) is 4.79 Å². The van der Waals surface area contributed by atoms with E-state index in [1.807, 2.05) is 13.0 Å². The van der Waals surface area contributed by atoms with Crippen molar-refractivity contribution < 1.29 is 38.4 Å². The lowest BCUT2D eigenvalue weighted by Gasteiger charge is -2.37. The third-order valence-electron chi connectivity index (χ3n) is 12.9. The van der Waals surface area contributed by atoms with Crippen LogP contribution >= 0.6 is 0 Å². The molecule has 0 spiro atoms. The molecule has 6 rings (SSSR count). The van der Waals surface area contributed by atoms with Gasteiger partial charge in [0.05, 0.1) is 30.3 Å². The third-order valence-corrected chi connectivity index (χ3v) is 12.9. The lowest BCUT2D eigenvalue weighted by atomic mass is 9.68. The average molecular weight is 831 g/mol. The van der Waals surface area contributed by atoms with Gasteiger partial charge in [0.15, 0.2) is 5.78 Å². The lowest BCUT2D eigenvalue weighted by Crippen LogP contribution is -2.30. The molecule has 8 nitrogen and oxygen atoms in total. The molecule has 4 aromatic rings. The summed E-state index contributed by atoms with van der Waals surface area (Å²) >= 11 is 0. The molecule has 2 aliphatic rings. The Balaban J connectivity index is 0.808. The van der Waals surface area contributed by atoms with Crippen LogP contribution in [0.15, 0.2) is 91.0 Å². The average Bonchev–Trinajstić information content (AvgIpc) is 3.28. The molecule has 326 valence electrons. The second kappa shape index (κ2) is 23.8. The topological polar surface area (TPSA) is 108 Å². The summed E-state index contributed by atoms with van der Waals surface area (Å²) in [6, 6.07) is 25.9. The fourth-order valence-electron chi connectivity index (χ4n) is 9.13. The van der Waals surface area contributed by atoms with E-state index in [2.05, 4.69) is 6.92 Å². The summed E-state index contributed by atoms with van der Waals surface area (Å²) in [5.74, 6) is 3.72. The molecule has 0 amide bonds. The molecule has 0 bridgehead atoms. The zero-order chi connectivity index (χ0) is 42.8. The van der Waals surface area contributed by atoms with Gasteiger partial charge in [-0.15, -0.1) is 0 Å². The molecule has 8 heteroatoms. The van der Waals surface area contributed by atoms with Crippen LogP contribution in [0, 0.1) is 30.6 Å². The number of benzene rings is 4. The largest absolute Gasteiger partial charge is 0.507 e. The van der Waals surface area contributed by atoms with Crippen molar-refractivity contribution in [3.05, 3.63) is 113 Å². The molecule has 1 N–H and O–H groups in total. The van der Waals surface area contributed by atoms with Gasteiger partial charge < -0.3 is 24.1 Å². The number of aryl methyl sites for hydroxylation is 1. The summed E-state index contributed by atoms with van der Waals surface area (Å²) in [5, 5.41) is 10.4. The molecule has 2 saturated carbocycles. The van der Waals surface area contributed by atoms with E-state index in [4.69, 9.17) is 18.9 Å². The number of aromatic hydroxyl groups is 1. The maximum absolute atomic E-state index is 13.2. The minimum Gasteiger partial charge on any atom is -0.507 e. The number of carbonyl (C=O) groups excluding carboxylic acids is 3. The molecule has 0 atom stereocenters. The normalized spacial score (nSPS) is 18.9. The molecule has 2 aliphatic carbocycles. The first kappa shape index (κ1) is 45.4. The molecular formula is C53H66O8. The number of hydrogen-bond donors (Lipinski definition) is 1. The predicted octanol–water partition coefficient (Wildman–Crippen LogP) is 13.0. The van der Waals surface area contributed by atoms with Crippen LogP contribution < -0.4 is 18.9 Å². The van der Waals surface area contributed by atoms with Gasteiger partial charge in [-0.05, 0) is 136 Å². The minimum atomic E-state index is -0.464. The van der Waals surface area contributed by atoms with E-state index in [0.29, 0.717) is 47.3 Å². The molecule has 0 aliphatic heterocycles. The zero-order valence-electron chi connectivity index (χ0n) is 36.4. The van der Waals surface area contributed by atoms with Crippen LogP contribution in [0.2, 0.25) is 0 Å². The second-order valence-corrected chi connectivity index (χ2v) is 17.3. The Morgan fingerprint density at radius 2 is 1.20 bits per heavy atom. The summed E-state index contributed by atoms with van der Waals surface area (Å²) in [6.45, 7) is 5.28. The fourth-order valence-corrected chi connectivity index (χ4v) is 9.13. The maximum Gasteiger partial charge on any atom is 0.343 e. The fraction of sp³-hybridized carbons (Fsp3) is 0.491. The van der Waals surface area contributed by atoms with E-state index in [9.17, 15) is 19.5 Å². The summed E-state index contributed by atoms with van der Waals surface area (Å²) in [7, 11) is 0. The van der Waals surface area contributed by atoms with Gasteiger partial charge in [-0.1, -0.05) is 101 Å². The number of carbonyl (C=O) groups is 3. The number of ketones is 1. The Kier molecular flexibility index (Phi) is 17.7. The first-order valence-electron chi connectivity index (χ1n) is 23.1. The number of phenolic OH excluding ortho intramolecular Hbond substituents is 1. The molecule has 0 saturated heterocycles. The van der Waals surface area contributed by atoms with Gasteiger partial charge in [0, 0.05) is 11.6 Å². The van der Waals surface area contributed by atoms with E-state index in [-0.39, 0.29) is 29.0 Å². The van der Waals surface area contributed by atoms with E-state index in [1.54, 1.807) is 78.9 Å². The molecule has 0 heterocycles. The molecule has 61 heavy (non-hydrogen) atoms. The molecule has 0 aromatic heterocycles. The van der Waals surface area contributed by atoms with Crippen molar-refractivity contribution in [1.29, 1.82) is 0 Å². The second-order valence-electron chi connectivity index (χ2n) is 17.3. The van der Waals surface area contributed by atoms with E-state index in [1.165, 1.54) is 57.4 Å². The van der Waals surface area contributed by atoms with Crippen molar-refractivity contribution in [1.82, 2.24) is 0 Å². The quantitative estimate of drug-likeness (QED) is 0.0361. The highest BCUT2D eigenvalue weighted by molar-refractivity contribution is 6.10. The van der Waals surface area contributed by atoms with Crippen molar-refractivity contribution in [2.24, 2.45) is 23.7 Å². The highest BCUT2D eigenvalue weighted by Crippen LogP contribution is 2.43. The summed E-state index contributed by atoms with van der Waals surface area (Å²) in [5.41, 5.74) is 1.96. The predicted molar refractivity (Wildman–Crippen MR) is 240 cm³/mol. The number of rotatable bonds is 22. The van der Waals surface area contributed by atoms with Crippen LogP contribution in [0.3, 0.4) is 0 Å². The van der Waals surface area contributed by atoms with Crippen LogP contribution in [0.5, 0.6) is 28.7 Å². The highest BCUT2D eigenvalue weighted by Gasteiger charge is 2.34. The summed E-state index contributed by atoms with van der Waals surface area (Å²) < 4.78 is 23.3. The third kappa shape index (κ3) is 14.0. The monoisotopic (exact) mass is 830 g/mol. The smallest absolute Gasteiger partial charge is 0.343 e. The molecule has 0 radical (unpaired) electrons. The van der Waals surface area contributed by atoms with Crippen molar-refractivity contribution in [2.75, 3.05) is 13.2 Å². The van der Waals surface area contributed by atoms with Crippen molar-refractivity contribution in [3.8, 4) is 28.7 Å². The van der Waals surface area contributed by atoms with Crippen molar-refractivity contribution >= 4 is 17.7 Å². The van der Waals surface area contributed by atoms with Gasteiger partial charge in [-0.2, -0.15) is 0 Å². The first-order chi connectivity index (χ1) is 29.8. The van der Waals surface area contributed by atoms with Gasteiger partial charge in [0.1, 0.15) is 28.7 Å². The Bertz CT molecular complexity index is 1970. The van der Waals surface area contributed by atoms with Crippen LogP contribution in [-0.4, -0.2) is 36.0 Å². The van der Waals surface area contributed by atoms with E-state index < -0.39 is 5.97 Å². The molecule has 0 unspecified atom stereocenters. The highest BCUT2D eigenvalue weighted by atomic mass is 16.5. The lowest BCUT2D eigenvalue weighted by molar-refractivity contribution is -0.140. The number of esters is 2. The summed E-state index contributed by atoms with van der Waals surface area (Å²) in [4.78, 5) is 38.7. The van der Waals surface area contributed by atoms with Crippen molar-refractivity contribution in [2.45, 2.75) is 129 Å².